The predicted molar refractivity (Wildman–Crippen MR) is 96.9 cm³/mol. The van der Waals surface area contributed by atoms with E-state index in [1.807, 2.05) is 13.8 Å². The number of ketones is 1. The highest BCUT2D eigenvalue weighted by Crippen LogP contribution is 2.31. The maximum absolute atomic E-state index is 12.8. The molecule has 1 heterocycles. The summed E-state index contributed by atoms with van der Waals surface area (Å²) >= 11 is 0. The van der Waals surface area contributed by atoms with Gasteiger partial charge >= 0.3 is 5.97 Å². The van der Waals surface area contributed by atoms with Gasteiger partial charge in [0.25, 0.3) is 0 Å². The Balaban J connectivity index is 2.97. The number of ether oxygens (including phenoxy) is 1. The molecular weight excluding hydrogens is 320 g/mol. The Hall–Kier alpha value is -1.20. The highest BCUT2D eigenvalue weighted by atomic mass is 16.5. The van der Waals surface area contributed by atoms with E-state index in [1.165, 1.54) is 5.57 Å². The monoisotopic (exact) mass is 354 g/mol. The summed E-state index contributed by atoms with van der Waals surface area (Å²) in [7, 11) is 0. The van der Waals surface area contributed by atoms with E-state index in [0.717, 1.165) is 19.3 Å². The van der Waals surface area contributed by atoms with Crippen LogP contribution in [0.15, 0.2) is 11.6 Å². The highest BCUT2D eigenvalue weighted by molar-refractivity contribution is 5.87. The lowest BCUT2D eigenvalue weighted by Crippen LogP contribution is -2.45. The van der Waals surface area contributed by atoms with Crippen molar-refractivity contribution < 1.29 is 24.5 Å². The van der Waals surface area contributed by atoms with Crippen LogP contribution in [0.25, 0.3) is 0 Å². The molecule has 0 amide bonds. The van der Waals surface area contributed by atoms with Crippen molar-refractivity contribution in [2.24, 2.45) is 17.3 Å². The number of allylic oxidation sites excluding steroid dienone is 1. The first-order valence-electron chi connectivity index (χ1n) is 9.29. The van der Waals surface area contributed by atoms with Crippen LogP contribution in [0, 0.1) is 17.3 Å². The Kier molecular flexibility index (Phi) is 8.29. The number of rotatable bonds is 0. The van der Waals surface area contributed by atoms with Crippen molar-refractivity contribution in [3.8, 4) is 0 Å². The number of aliphatic hydroxyl groups excluding tert-OH is 2. The molecule has 25 heavy (non-hydrogen) atoms. The second-order valence-electron chi connectivity index (χ2n) is 8.01. The third-order valence-corrected chi connectivity index (χ3v) is 5.44. The molecule has 1 aliphatic rings. The second-order valence-corrected chi connectivity index (χ2v) is 8.01. The van der Waals surface area contributed by atoms with E-state index in [4.69, 9.17) is 4.74 Å². The van der Waals surface area contributed by atoms with E-state index in [-0.39, 0.29) is 24.7 Å². The van der Waals surface area contributed by atoms with E-state index in [2.05, 4.69) is 6.08 Å². The van der Waals surface area contributed by atoms with Crippen molar-refractivity contribution in [3.05, 3.63) is 11.6 Å². The van der Waals surface area contributed by atoms with Crippen LogP contribution < -0.4 is 0 Å². The molecule has 0 saturated heterocycles. The van der Waals surface area contributed by atoms with Crippen LogP contribution in [0.2, 0.25) is 0 Å². The predicted octanol–water partition coefficient (Wildman–Crippen LogP) is 3.03. The lowest BCUT2D eigenvalue weighted by atomic mass is 9.73. The van der Waals surface area contributed by atoms with E-state index in [1.54, 1.807) is 20.8 Å². The lowest BCUT2D eigenvalue weighted by Gasteiger charge is -2.34. The van der Waals surface area contributed by atoms with Crippen LogP contribution in [0.5, 0.6) is 0 Å². The average molecular weight is 354 g/mol. The summed E-state index contributed by atoms with van der Waals surface area (Å²) in [6, 6.07) is 0. The van der Waals surface area contributed by atoms with Gasteiger partial charge in [-0.1, -0.05) is 39.3 Å². The zero-order valence-corrected chi connectivity index (χ0v) is 16.2. The zero-order chi connectivity index (χ0) is 19.2. The fraction of sp³-hybridized carbons (Fsp3) is 0.800. The van der Waals surface area contributed by atoms with E-state index in [9.17, 15) is 19.8 Å². The molecule has 0 radical (unpaired) electrons. The fourth-order valence-electron chi connectivity index (χ4n) is 3.32. The highest BCUT2D eigenvalue weighted by Gasteiger charge is 2.42. The number of hydrogen-bond donors (Lipinski definition) is 2. The Morgan fingerprint density at radius 3 is 2.48 bits per heavy atom. The van der Waals surface area contributed by atoms with Crippen molar-refractivity contribution >= 4 is 11.8 Å². The average Bonchev–Trinajstić information content (AvgIpc) is 2.55. The number of carbonyl (C=O) groups is 2. The number of hydrogen-bond acceptors (Lipinski definition) is 5. The zero-order valence-electron chi connectivity index (χ0n) is 16.2. The van der Waals surface area contributed by atoms with Gasteiger partial charge in [-0.05, 0) is 38.5 Å². The van der Waals surface area contributed by atoms with Crippen LogP contribution in [0.1, 0.15) is 66.7 Å². The molecule has 0 aromatic carbocycles. The molecule has 4 atom stereocenters. The second kappa shape index (κ2) is 9.48. The molecular formula is C20H34O5. The summed E-state index contributed by atoms with van der Waals surface area (Å²) in [6.07, 6.45) is 3.29. The smallest absolute Gasteiger partial charge is 0.308 e. The minimum absolute atomic E-state index is 0.00226. The Bertz CT molecular complexity index is 494. The lowest BCUT2D eigenvalue weighted by molar-refractivity contribution is -0.151. The maximum Gasteiger partial charge on any atom is 0.308 e. The molecule has 0 bridgehead atoms. The summed E-state index contributed by atoms with van der Waals surface area (Å²) < 4.78 is 5.15. The SMILES string of the molecule is C/C1=C/CCOC(=O)CC(O)C(C)(C)C(=O)C(C)C(O)C(C)CCC1. The van der Waals surface area contributed by atoms with Gasteiger partial charge in [0.05, 0.1) is 30.7 Å². The standard InChI is InChI=1S/C20H34O5/c1-13-8-6-10-14(2)18(23)15(3)19(24)20(4,5)16(21)12-17(22)25-11-7-9-13/h9,14-16,18,21,23H,6-8,10-12H2,1-5H3/b13-9-. The summed E-state index contributed by atoms with van der Waals surface area (Å²) in [6.45, 7) is 9.22. The third kappa shape index (κ3) is 6.23. The van der Waals surface area contributed by atoms with Gasteiger partial charge in [-0.25, -0.2) is 0 Å². The van der Waals surface area contributed by atoms with Crippen LogP contribution in [0.3, 0.4) is 0 Å². The molecule has 0 aromatic rings. The van der Waals surface area contributed by atoms with Crippen LogP contribution in [-0.2, 0) is 14.3 Å². The molecule has 0 saturated carbocycles. The molecule has 1 aliphatic heterocycles. The van der Waals surface area contributed by atoms with E-state index in [0.29, 0.717) is 6.42 Å². The number of esters is 1. The van der Waals surface area contributed by atoms with Crippen molar-refractivity contribution in [1.29, 1.82) is 0 Å². The molecule has 0 fully saturated rings. The van der Waals surface area contributed by atoms with Gasteiger partial charge in [0.1, 0.15) is 5.78 Å². The maximum atomic E-state index is 12.8. The summed E-state index contributed by atoms with van der Waals surface area (Å²) in [5, 5.41) is 20.9. The van der Waals surface area contributed by atoms with E-state index < -0.39 is 29.5 Å². The number of Topliss-reactive ketones (excluding diaryl/α,β-unsaturated/α-hetero) is 1. The Labute approximate surface area is 151 Å². The molecule has 144 valence electrons. The molecule has 2 N–H and O–H groups in total. The van der Waals surface area contributed by atoms with Gasteiger partial charge in [-0.15, -0.1) is 0 Å². The number of cyclic esters (lactones) is 1. The molecule has 4 unspecified atom stereocenters. The van der Waals surface area contributed by atoms with Gasteiger partial charge in [0.15, 0.2) is 0 Å². The first-order chi connectivity index (χ1) is 11.6. The summed E-state index contributed by atoms with van der Waals surface area (Å²) in [5.74, 6) is -1.33. The van der Waals surface area contributed by atoms with Crippen LogP contribution in [-0.4, -0.2) is 40.8 Å². The van der Waals surface area contributed by atoms with Gasteiger partial charge in [0.2, 0.25) is 0 Å². The van der Waals surface area contributed by atoms with Crippen molar-refractivity contribution in [2.45, 2.75) is 78.9 Å². The molecule has 0 aromatic heterocycles. The molecule has 5 heteroatoms. The molecule has 0 spiro atoms. The Morgan fingerprint density at radius 1 is 1.20 bits per heavy atom. The minimum atomic E-state index is -1.14. The Morgan fingerprint density at radius 2 is 1.84 bits per heavy atom. The number of aliphatic hydroxyl groups is 2. The van der Waals surface area contributed by atoms with Crippen molar-refractivity contribution in [3.63, 3.8) is 0 Å². The van der Waals surface area contributed by atoms with E-state index >= 15 is 0 Å². The first kappa shape index (κ1) is 21.8. The fourth-order valence-corrected chi connectivity index (χ4v) is 3.32. The van der Waals surface area contributed by atoms with Crippen molar-refractivity contribution in [2.75, 3.05) is 6.61 Å². The minimum Gasteiger partial charge on any atom is -0.465 e. The van der Waals surface area contributed by atoms with Crippen molar-refractivity contribution in [1.82, 2.24) is 0 Å². The van der Waals surface area contributed by atoms with Gasteiger partial charge in [-0.2, -0.15) is 0 Å². The van der Waals surface area contributed by atoms with Gasteiger partial charge in [0, 0.05) is 5.92 Å². The number of carbonyl (C=O) groups excluding carboxylic acids is 2. The topological polar surface area (TPSA) is 83.8 Å². The van der Waals surface area contributed by atoms with Crippen LogP contribution in [0.4, 0.5) is 0 Å². The van der Waals surface area contributed by atoms with Gasteiger partial charge < -0.3 is 14.9 Å². The van der Waals surface area contributed by atoms with Gasteiger partial charge in [-0.3, -0.25) is 9.59 Å². The summed E-state index contributed by atoms with van der Waals surface area (Å²) in [4.78, 5) is 24.7. The third-order valence-electron chi connectivity index (χ3n) is 5.44. The molecule has 5 nitrogen and oxygen atoms in total. The normalized spacial score (nSPS) is 35.6. The quantitative estimate of drug-likeness (QED) is 0.516. The summed E-state index contributed by atoms with van der Waals surface area (Å²) in [5.41, 5.74) is 0.113. The molecule has 0 aliphatic carbocycles. The van der Waals surface area contributed by atoms with Crippen LogP contribution >= 0.6 is 0 Å². The molecule has 1 rings (SSSR count). The largest absolute Gasteiger partial charge is 0.465 e. The first-order valence-corrected chi connectivity index (χ1v) is 9.29.